The van der Waals surface area contributed by atoms with Gasteiger partial charge in [-0.15, -0.1) is 5.10 Å². The Hall–Kier alpha value is -2.75. The Kier molecular flexibility index (Phi) is 3.72. The number of pyridine rings is 1. The molecule has 0 spiro atoms. The van der Waals surface area contributed by atoms with Crippen LogP contribution in [0.25, 0.3) is 17.0 Å². The normalized spacial score (nSPS) is 14.7. The first-order chi connectivity index (χ1) is 11.4. The molecule has 0 saturated carbocycles. The van der Waals surface area contributed by atoms with Gasteiger partial charge in [0.05, 0.1) is 11.2 Å². The molecular formula is C19H18N4. The maximum Gasteiger partial charge on any atom is 0.198 e. The van der Waals surface area contributed by atoms with Crippen LogP contribution in [-0.2, 0) is 6.42 Å². The molecule has 0 aliphatic heterocycles. The fourth-order valence-electron chi connectivity index (χ4n) is 2.88. The van der Waals surface area contributed by atoms with E-state index in [1.54, 1.807) is 6.20 Å². The number of rotatable bonds is 3. The van der Waals surface area contributed by atoms with Crippen LogP contribution in [0, 0.1) is 0 Å². The van der Waals surface area contributed by atoms with E-state index in [0.29, 0.717) is 5.82 Å². The molecule has 23 heavy (non-hydrogen) atoms. The van der Waals surface area contributed by atoms with E-state index in [1.165, 1.54) is 12.0 Å². The zero-order valence-electron chi connectivity index (χ0n) is 12.9. The molecule has 114 valence electrons. The predicted octanol–water partition coefficient (Wildman–Crippen LogP) is 4.00. The van der Waals surface area contributed by atoms with E-state index in [2.05, 4.69) is 34.4 Å². The number of hydrogen-bond donors (Lipinski definition) is 0. The minimum atomic E-state index is 0.669. The summed E-state index contributed by atoms with van der Waals surface area (Å²) in [5, 5.41) is 4.58. The topological polar surface area (TPSA) is 43.1 Å². The van der Waals surface area contributed by atoms with Crippen LogP contribution < -0.4 is 0 Å². The molecule has 4 heteroatoms. The number of fused-ring (bicyclic) bond motifs is 1. The van der Waals surface area contributed by atoms with Crippen molar-refractivity contribution in [2.75, 3.05) is 0 Å². The molecule has 1 aliphatic rings. The highest BCUT2D eigenvalue weighted by molar-refractivity contribution is 5.57. The third-order valence-corrected chi connectivity index (χ3v) is 4.05. The van der Waals surface area contributed by atoms with Crippen LogP contribution >= 0.6 is 0 Å². The molecular weight excluding hydrogens is 284 g/mol. The molecule has 3 aromatic heterocycles. The van der Waals surface area contributed by atoms with Crippen molar-refractivity contribution in [3.8, 4) is 11.5 Å². The van der Waals surface area contributed by atoms with Gasteiger partial charge in [-0.3, -0.25) is 4.98 Å². The SMILES string of the molecule is C1=CC(Cc2nc(-c3ccccn3)nn3cccc23)=CCCC1. The van der Waals surface area contributed by atoms with Crippen molar-refractivity contribution < 1.29 is 0 Å². The number of aromatic nitrogens is 4. The quantitative estimate of drug-likeness (QED) is 0.734. The van der Waals surface area contributed by atoms with Gasteiger partial charge in [0, 0.05) is 18.8 Å². The van der Waals surface area contributed by atoms with E-state index in [-0.39, 0.29) is 0 Å². The largest absolute Gasteiger partial charge is 0.253 e. The molecule has 0 N–H and O–H groups in total. The van der Waals surface area contributed by atoms with Crippen molar-refractivity contribution >= 4 is 5.52 Å². The fourth-order valence-corrected chi connectivity index (χ4v) is 2.88. The summed E-state index contributed by atoms with van der Waals surface area (Å²) in [6.07, 6.45) is 14.9. The minimum absolute atomic E-state index is 0.669. The first-order valence-electron chi connectivity index (χ1n) is 8.01. The van der Waals surface area contributed by atoms with Crippen LogP contribution in [-0.4, -0.2) is 19.6 Å². The highest BCUT2D eigenvalue weighted by Crippen LogP contribution is 2.20. The molecule has 4 nitrogen and oxygen atoms in total. The molecule has 1 aliphatic carbocycles. The van der Waals surface area contributed by atoms with Gasteiger partial charge in [0.15, 0.2) is 5.82 Å². The van der Waals surface area contributed by atoms with Crippen molar-refractivity contribution in [1.82, 2.24) is 19.6 Å². The van der Waals surface area contributed by atoms with Crippen molar-refractivity contribution in [1.29, 1.82) is 0 Å². The van der Waals surface area contributed by atoms with Crippen LogP contribution in [0.2, 0.25) is 0 Å². The van der Waals surface area contributed by atoms with Gasteiger partial charge in [-0.2, -0.15) is 0 Å². The Morgan fingerprint density at radius 3 is 3.00 bits per heavy atom. The Balaban J connectivity index is 1.78. The summed E-state index contributed by atoms with van der Waals surface area (Å²) >= 11 is 0. The molecule has 0 amide bonds. The second-order valence-corrected chi connectivity index (χ2v) is 5.72. The van der Waals surface area contributed by atoms with Crippen molar-refractivity contribution in [3.05, 3.63) is 72.2 Å². The Morgan fingerprint density at radius 2 is 2.09 bits per heavy atom. The van der Waals surface area contributed by atoms with Crippen molar-refractivity contribution in [3.63, 3.8) is 0 Å². The maximum atomic E-state index is 4.80. The summed E-state index contributed by atoms with van der Waals surface area (Å²) in [5.41, 5.74) is 4.23. The summed E-state index contributed by atoms with van der Waals surface area (Å²) in [7, 11) is 0. The van der Waals surface area contributed by atoms with Crippen molar-refractivity contribution in [2.24, 2.45) is 0 Å². The van der Waals surface area contributed by atoms with E-state index in [9.17, 15) is 0 Å². The average molecular weight is 302 g/mol. The van der Waals surface area contributed by atoms with E-state index in [1.807, 2.05) is 35.0 Å². The molecule has 4 rings (SSSR count). The lowest BCUT2D eigenvalue weighted by atomic mass is 10.1. The van der Waals surface area contributed by atoms with Gasteiger partial charge in [-0.25, -0.2) is 9.50 Å². The molecule has 0 aromatic carbocycles. The first-order valence-corrected chi connectivity index (χ1v) is 8.01. The lowest BCUT2D eigenvalue weighted by molar-refractivity contribution is 0.867. The minimum Gasteiger partial charge on any atom is -0.253 e. The van der Waals surface area contributed by atoms with Crippen LogP contribution in [0.15, 0.2) is 66.5 Å². The molecule has 0 radical (unpaired) electrons. The summed E-state index contributed by atoms with van der Waals surface area (Å²) in [6.45, 7) is 0. The first kappa shape index (κ1) is 13.9. The van der Waals surface area contributed by atoms with Crippen LogP contribution in [0.4, 0.5) is 0 Å². The van der Waals surface area contributed by atoms with Gasteiger partial charge in [0.1, 0.15) is 5.69 Å². The molecule has 3 heterocycles. The summed E-state index contributed by atoms with van der Waals surface area (Å²) in [5.74, 6) is 0.669. The van der Waals surface area contributed by atoms with Crippen molar-refractivity contribution in [2.45, 2.75) is 25.7 Å². The summed E-state index contributed by atoms with van der Waals surface area (Å²) in [6, 6.07) is 9.88. The van der Waals surface area contributed by atoms with Gasteiger partial charge in [0.2, 0.25) is 0 Å². The summed E-state index contributed by atoms with van der Waals surface area (Å²) < 4.78 is 1.90. The zero-order chi connectivity index (χ0) is 15.5. The molecule has 0 atom stereocenters. The third-order valence-electron chi connectivity index (χ3n) is 4.05. The smallest absolute Gasteiger partial charge is 0.198 e. The van der Waals surface area contributed by atoms with E-state index in [0.717, 1.165) is 36.2 Å². The maximum absolute atomic E-state index is 4.80. The second-order valence-electron chi connectivity index (χ2n) is 5.72. The monoisotopic (exact) mass is 302 g/mol. The number of nitrogens with zero attached hydrogens (tertiary/aromatic N) is 4. The van der Waals surface area contributed by atoms with Gasteiger partial charge in [0.25, 0.3) is 0 Å². The predicted molar refractivity (Wildman–Crippen MR) is 91.0 cm³/mol. The van der Waals surface area contributed by atoms with E-state index < -0.39 is 0 Å². The number of hydrogen-bond acceptors (Lipinski definition) is 3. The van der Waals surface area contributed by atoms with Gasteiger partial charge in [-0.1, -0.05) is 24.3 Å². The van der Waals surface area contributed by atoms with E-state index >= 15 is 0 Å². The van der Waals surface area contributed by atoms with Gasteiger partial charge < -0.3 is 0 Å². The zero-order valence-corrected chi connectivity index (χ0v) is 12.9. The number of allylic oxidation sites excluding steroid dienone is 4. The fraction of sp³-hybridized carbons (Fsp3) is 0.211. The summed E-state index contributed by atoms with van der Waals surface area (Å²) in [4.78, 5) is 9.18. The van der Waals surface area contributed by atoms with Crippen LogP contribution in [0.3, 0.4) is 0 Å². The third kappa shape index (κ3) is 2.93. The Labute approximate surface area is 135 Å². The Morgan fingerprint density at radius 1 is 1.09 bits per heavy atom. The molecule has 0 unspecified atom stereocenters. The molecule has 0 saturated heterocycles. The highest BCUT2D eigenvalue weighted by atomic mass is 15.2. The van der Waals surface area contributed by atoms with Gasteiger partial charge in [-0.05, 0) is 49.1 Å². The molecule has 0 fully saturated rings. The van der Waals surface area contributed by atoms with Gasteiger partial charge >= 0.3 is 0 Å². The Bertz CT molecular complexity index is 875. The molecule has 3 aromatic rings. The van der Waals surface area contributed by atoms with E-state index in [4.69, 9.17) is 4.98 Å². The lowest BCUT2D eigenvalue weighted by Crippen LogP contribution is -2.04. The van der Waals surface area contributed by atoms with Crippen LogP contribution in [0.5, 0.6) is 0 Å². The standard InChI is InChI=1S/C19H18N4/c1-2-4-9-15(8-3-1)14-17-18-11-7-13-23(18)22-19(21-17)16-10-5-6-12-20-16/h3,5-13H,1-2,4,14H2. The highest BCUT2D eigenvalue weighted by Gasteiger charge is 2.11. The lowest BCUT2D eigenvalue weighted by Gasteiger charge is -2.08. The average Bonchev–Trinajstić information content (AvgIpc) is 2.93. The van der Waals surface area contributed by atoms with Crippen LogP contribution in [0.1, 0.15) is 25.0 Å². The molecule has 0 bridgehead atoms. The second kappa shape index (κ2) is 6.16.